The first-order valence-corrected chi connectivity index (χ1v) is 7.69. The fourth-order valence-corrected chi connectivity index (χ4v) is 4.14. The Morgan fingerprint density at radius 1 is 1.16 bits per heavy atom. The molecule has 4 nitrogen and oxygen atoms in total. The van der Waals surface area contributed by atoms with Gasteiger partial charge in [-0.3, -0.25) is 4.84 Å². The van der Waals surface area contributed by atoms with Gasteiger partial charge in [0.15, 0.2) is 5.79 Å². The number of hydrogen-bond donors (Lipinski definition) is 0. The maximum atomic E-state index is 6.34. The SMILES string of the molecule is C=C[C@H]1C[C@@H]2C[C@@H]([C@H]3COC4(CCCCC4)O3)N1O2. The number of hydrogen-bond acceptors (Lipinski definition) is 4. The summed E-state index contributed by atoms with van der Waals surface area (Å²) in [5.74, 6) is -0.268. The van der Waals surface area contributed by atoms with Crippen LogP contribution in [0.4, 0.5) is 0 Å². The lowest BCUT2D eigenvalue weighted by molar-refractivity contribution is -0.203. The molecule has 0 aromatic rings. The van der Waals surface area contributed by atoms with Crippen molar-refractivity contribution in [2.75, 3.05) is 6.61 Å². The van der Waals surface area contributed by atoms with Gasteiger partial charge < -0.3 is 9.47 Å². The lowest BCUT2D eigenvalue weighted by Gasteiger charge is -2.34. The van der Waals surface area contributed by atoms with Crippen LogP contribution in [-0.2, 0) is 14.3 Å². The van der Waals surface area contributed by atoms with E-state index < -0.39 is 0 Å². The molecule has 4 aliphatic rings. The Morgan fingerprint density at radius 2 is 2.00 bits per heavy atom. The monoisotopic (exact) mass is 265 g/mol. The van der Waals surface area contributed by atoms with Gasteiger partial charge in [-0.15, -0.1) is 6.58 Å². The zero-order valence-electron chi connectivity index (χ0n) is 11.4. The molecule has 1 aliphatic carbocycles. The molecule has 1 spiro atoms. The van der Waals surface area contributed by atoms with Crippen molar-refractivity contribution >= 4 is 0 Å². The number of nitrogens with zero attached hydrogens (tertiary/aromatic N) is 1. The molecule has 0 amide bonds. The van der Waals surface area contributed by atoms with Crippen molar-refractivity contribution < 1.29 is 14.3 Å². The summed E-state index contributed by atoms with van der Waals surface area (Å²) in [5, 5.41) is 2.12. The third-order valence-electron chi connectivity index (χ3n) is 5.13. The van der Waals surface area contributed by atoms with Gasteiger partial charge in [0, 0.05) is 12.8 Å². The summed E-state index contributed by atoms with van der Waals surface area (Å²) in [6.45, 7) is 4.64. The molecule has 3 aliphatic heterocycles. The molecule has 106 valence electrons. The van der Waals surface area contributed by atoms with Crippen LogP contribution in [0.2, 0.25) is 0 Å². The van der Waals surface area contributed by atoms with Crippen LogP contribution in [0.15, 0.2) is 12.7 Å². The van der Waals surface area contributed by atoms with E-state index in [1.54, 1.807) is 0 Å². The van der Waals surface area contributed by atoms with Gasteiger partial charge in [0.1, 0.15) is 6.10 Å². The third kappa shape index (κ3) is 1.97. The summed E-state index contributed by atoms with van der Waals surface area (Å²) in [5.41, 5.74) is 0. The second-order valence-corrected chi connectivity index (χ2v) is 6.37. The smallest absolute Gasteiger partial charge is 0.168 e. The van der Waals surface area contributed by atoms with Gasteiger partial charge >= 0.3 is 0 Å². The first kappa shape index (κ1) is 12.3. The van der Waals surface area contributed by atoms with E-state index in [1.807, 2.05) is 6.08 Å². The molecule has 0 aromatic heterocycles. The van der Waals surface area contributed by atoms with Crippen LogP contribution in [0, 0.1) is 0 Å². The molecule has 3 heterocycles. The summed E-state index contributed by atoms with van der Waals surface area (Å²) in [6.07, 6.45) is 10.6. The Morgan fingerprint density at radius 3 is 2.74 bits per heavy atom. The molecule has 5 atom stereocenters. The number of fused-ring (bicyclic) bond motifs is 2. The summed E-state index contributed by atoms with van der Waals surface area (Å²) >= 11 is 0. The minimum atomic E-state index is -0.268. The number of hydroxylamine groups is 2. The molecule has 1 saturated carbocycles. The normalized spacial score (nSPS) is 47.9. The molecule has 4 rings (SSSR count). The third-order valence-corrected chi connectivity index (χ3v) is 5.13. The highest BCUT2D eigenvalue weighted by molar-refractivity contribution is 5.02. The van der Waals surface area contributed by atoms with Gasteiger partial charge in [-0.2, -0.15) is 5.06 Å². The topological polar surface area (TPSA) is 30.9 Å². The summed E-state index contributed by atoms with van der Waals surface area (Å²) in [6, 6.07) is 0.707. The number of piperidine rings is 1. The van der Waals surface area contributed by atoms with Crippen LogP contribution >= 0.6 is 0 Å². The molecule has 0 radical (unpaired) electrons. The second kappa shape index (κ2) is 4.55. The maximum Gasteiger partial charge on any atom is 0.168 e. The van der Waals surface area contributed by atoms with E-state index in [9.17, 15) is 0 Å². The molecule has 19 heavy (non-hydrogen) atoms. The maximum absolute atomic E-state index is 6.34. The van der Waals surface area contributed by atoms with Crippen molar-refractivity contribution in [1.29, 1.82) is 0 Å². The Hall–Kier alpha value is -0.420. The molecular weight excluding hydrogens is 242 g/mol. The summed E-state index contributed by atoms with van der Waals surface area (Å²) in [7, 11) is 0. The Kier molecular flexibility index (Phi) is 2.95. The number of ether oxygens (including phenoxy) is 2. The largest absolute Gasteiger partial charge is 0.347 e. The average Bonchev–Trinajstić information content (AvgIpc) is 3.13. The van der Waals surface area contributed by atoms with Crippen LogP contribution in [0.25, 0.3) is 0 Å². The lowest BCUT2D eigenvalue weighted by Crippen LogP contribution is -2.46. The zero-order valence-corrected chi connectivity index (χ0v) is 11.4. The van der Waals surface area contributed by atoms with Crippen molar-refractivity contribution in [3.63, 3.8) is 0 Å². The highest BCUT2D eigenvalue weighted by Crippen LogP contribution is 2.44. The van der Waals surface area contributed by atoms with Crippen LogP contribution in [0.5, 0.6) is 0 Å². The molecule has 0 N–H and O–H groups in total. The lowest BCUT2D eigenvalue weighted by atomic mass is 9.93. The van der Waals surface area contributed by atoms with E-state index >= 15 is 0 Å². The van der Waals surface area contributed by atoms with Crippen LogP contribution < -0.4 is 0 Å². The van der Waals surface area contributed by atoms with Gasteiger partial charge in [0.2, 0.25) is 0 Å². The van der Waals surface area contributed by atoms with Crippen molar-refractivity contribution in [3.8, 4) is 0 Å². The van der Waals surface area contributed by atoms with Crippen molar-refractivity contribution in [2.24, 2.45) is 0 Å². The quantitative estimate of drug-likeness (QED) is 0.717. The van der Waals surface area contributed by atoms with E-state index in [0.29, 0.717) is 18.2 Å². The van der Waals surface area contributed by atoms with Gasteiger partial charge in [0.25, 0.3) is 0 Å². The van der Waals surface area contributed by atoms with Crippen molar-refractivity contribution in [2.45, 2.75) is 75.0 Å². The zero-order chi connectivity index (χ0) is 12.9. The van der Waals surface area contributed by atoms with Crippen molar-refractivity contribution in [3.05, 3.63) is 12.7 Å². The van der Waals surface area contributed by atoms with Gasteiger partial charge in [0.05, 0.1) is 24.8 Å². The molecular formula is C15H23NO3. The standard InChI is InChI=1S/C15H23NO3/c1-2-11-8-12-9-13(16(11)19-12)14-10-17-15(18-14)6-4-3-5-7-15/h2,11-14H,1,3-10H2/t11-,12+,13-,14+/m0/s1. The molecule has 3 saturated heterocycles. The number of rotatable bonds is 2. The average molecular weight is 265 g/mol. The van der Waals surface area contributed by atoms with Crippen LogP contribution in [0.1, 0.15) is 44.9 Å². The van der Waals surface area contributed by atoms with E-state index in [1.165, 1.54) is 19.3 Å². The predicted octanol–water partition coefficient (Wildman–Crippen LogP) is 2.40. The Balaban J connectivity index is 1.45. The highest BCUT2D eigenvalue weighted by Gasteiger charge is 2.53. The first-order valence-electron chi connectivity index (χ1n) is 7.69. The fraction of sp³-hybridized carbons (Fsp3) is 0.867. The Labute approximate surface area is 114 Å². The molecule has 0 aromatic carbocycles. The van der Waals surface area contributed by atoms with E-state index in [-0.39, 0.29) is 11.9 Å². The van der Waals surface area contributed by atoms with E-state index in [4.69, 9.17) is 14.3 Å². The molecule has 1 unspecified atom stereocenters. The van der Waals surface area contributed by atoms with Gasteiger partial charge in [-0.25, -0.2) is 0 Å². The highest BCUT2D eigenvalue weighted by atomic mass is 16.8. The second-order valence-electron chi connectivity index (χ2n) is 6.37. The summed E-state index contributed by atoms with van der Waals surface area (Å²) < 4.78 is 12.4. The predicted molar refractivity (Wildman–Crippen MR) is 70.4 cm³/mol. The minimum Gasteiger partial charge on any atom is -0.347 e. The van der Waals surface area contributed by atoms with Crippen LogP contribution in [0.3, 0.4) is 0 Å². The van der Waals surface area contributed by atoms with Gasteiger partial charge in [-0.1, -0.05) is 12.5 Å². The van der Waals surface area contributed by atoms with Crippen molar-refractivity contribution in [1.82, 2.24) is 5.06 Å². The molecule has 2 bridgehead atoms. The first-order chi connectivity index (χ1) is 9.30. The Bertz CT molecular complexity index is 366. The fourth-order valence-electron chi connectivity index (χ4n) is 4.14. The van der Waals surface area contributed by atoms with E-state index in [2.05, 4.69) is 11.6 Å². The van der Waals surface area contributed by atoms with Crippen LogP contribution in [-0.4, -0.2) is 41.7 Å². The summed E-state index contributed by atoms with van der Waals surface area (Å²) in [4.78, 5) is 5.90. The molecule has 4 fully saturated rings. The minimum absolute atomic E-state index is 0.172. The van der Waals surface area contributed by atoms with Gasteiger partial charge in [-0.05, 0) is 25.7 Å². The molecule has 4 heteroatoms. The van der Waals surface area contributed by atoms with E-state index in [0.717, 1.165) is 32.3 Å².